The zero-order valence-electron chi connectivity index (χ0n) is 27.7. The van der Waals surface area contributed by atoms with Crippen LogP contribution in [0, 0.1) is 12.3 Å². The molecule has 6 rings (SSSR count). The molecule has 0 aliphatic carbocycles. The third-order valence-corrected chi connectivity index (χ3v) is 8.95. The number of H-pyrrole nitrogens is 1. The maximum Gasteiger partial charge on any atom is 0.411 e. The van der Waals surface area contributed by atoms with E-state index in [4.69, 9.17) is 19.9 Å². The molecule has 12 heteroatoms. The fourth-order valence-corrected chi connectivity index (χ4v) is 6.57. The van der Waals surface area contributed by atoms with Crippen molar-refractivity contribution in [2.24, 2.45) is 5.41 Å². The summed E-state index contributed by atoms with van der Waals surface area (Å²) in [5, 5.41) is 8.49. The van der Waals surface area contributed by atoms with E-state index in [1.807, 2.05) is 58.0 Å². The predicted molar refractivity (Wildman–Crippen MR) is 179 cm³/mol. The van der Waals surface area contributed by atoms with Crippen LogP contribution in [-0.2, 0) is 20.9 Å². The van der Waals surface area contributed by atoms with Gasteiger partial charge in [-0.15, -0.1) is 0 Å². The molecule has 2 aromatic heterocycles. The van der Waals surface area contributed by atoms with E-state index in [-0.39, 0.29) is 30.5 Å². The molecule has 4 heterocycles. The maximum atomic E-state index is 13.1. The molecule has 2 saturated heterocycles. The van der Waals surface area contributed by atoms with E-state index in [9.17, 15) is 9.59 Å². The summed E-state index contributed by atoms with van der Waals surface area (Å²) < 4.78 is 17.1. The number of nitrogens with two attached hydrogens (primary N) is 1. The number of amides is 1. The molecule has 1 unspecified atom stereocenters. The van der Waals surface area contributed by atoms with Gasteiger partial charge >= 0.3 is 12.1 Å². The minimum Gasteiger partial charge on any atom is -0.487 e. The van der Waals surface area contributed by atoms with Crippen molar-refractivity contribution < 1.29 is 23.8 Å². The predicted octanol–water partition coefficient (Wildman–Crippen LogP) is 5.65. The number of piperidine rings is 1. The summed E-state index contributed by atoms with van der Waals surface area (Å²) in [4.78, 5) is 38.6. The molecule has 0 saturated carbocycles. The molecular formula is C35H43N7O5. The first-order valence-corrected chi connectivity index (χ1v) is 16.1. The molecule has 1 atom stereocenters. The van der Waals surface area contributed by atoms with Crippen LogP contribution in [0.3, 0.4) is 0 Å². The number of fused-ring (bicyclic) bond motifs is 1. The number of aromatic nitrogens is 4. The summed E-state index contributed by atoms with van der Waals surface area (Å²) in [6.45, 7) is 11.6. The number of nitrogen functional groups attached to an aromatic ring is 1. The van der Waals surface area contributed by atoms with Crippen LogP contribution in [0.5, 0.6) is 5.75 Å². The van der Waals surface area contributed by atoms with Crippen LogP contribution in [0.2, 0.25) is 0 Å². The highest BCUT2D eigenvalue weighted by Crippen LogP contribution is 2.45. The Balaban J connectivity index is 1.09. The van der Waals surface area contributed by atoms with Gasteiger partial charge < -0.3 is 24.8 Å². The van der Waals surface area contributed by atoms with E-state index in [2.05, 4.69) is 43.3 Å². The van der Waals surface area contributed by atoms with Crippen LogP contribution in [0.15, 0.2) is 48.5 Å². The largest absolute Gasteiger partial charge is 0.487 e. The van der Waals surface area contributed by atoms with Crippen LogP contribution in [-0.4, -0.2) is 75.0 Å². The maximum absolute atomic E-state index is 13.1. The van der Waals surface area contributed by atoms with Gasteiger partial charge in [0.15, 0.2) is 0 Å². The lowest BCUT2D eigenvalue weighted by Crippen LogP contribution is -2.45. The molecule has 47 heavy (non-hydrogen) atoms. The molecule has 2 fully saturated rings. The van der Waals surface area contributed by atoms with Crippen molar-refractivity contribution in [3.05, 3.63) is 59.9 Å². The van der Waals surface area contributed by atoms with Crippen molar-refractivity contribution in [2.75, 3.05) is 36.9 Å². The molecule has 0 radical (unpaired) electrons. The van der Waals surface area contributed by atoms with Gasteiger partial charge in [-0.25, -0.2) is 14.6 Å². The highest BCUT2D eigenvalue weighted by atomic mass is 16.6. The fourth-order valence-electron chi connectivity index (χ4n) is 6.57. The number of nitrogens with one attached hydrogen (secondary N) is 1. The van der Waals surface area contributed by atoms with E-state index in [1.54, 1.807) is 11.8 Å². The van der Waals surface area contributed by atoms with Crippen LogP contribution < -0.4 is 15.4 Å². The Morgan fingerprint density at radius 2 is 1.77 bits per heavy atom. The van der Waals surface area contributed by atoms with Gasteiger partial charge in [0.05, 0.1) is 23.5 Å². The Hall–Kier alpha value is -4.87. The third kappa shape index (κ3) is 7.11. The third-order valence-electron chi connectivity index (χ3n) is 8.95. The standard InChI is InChI=1S/C35H43N7O5/c1-6-45-31(43)29-19-35(21-42(29)33(44)47-34(3,4)5)13-15-41(16-14-35)30-18-25(37-32(36)38-30)20-46-26-10-7-23(8-11-26)24-9-12-27-22(2)39-40-28(27)17-24/h7-12,17-18,29H,6,13-16,19-21H2,1-5H3,(H,39,40)(H2,36,37,38). The molecule has 2 aliphatic rings. The van der Waals surface area contributed by atoms with Crippen LogP contribution >= 0.6 is 0 Å². The number of carbonyl (C=O) groups is 2. The Labute approximate surface area is 274 Å². The molecule has 2 aliphatic heterocycles. The van der Waals surface area contributed by atoms with Crippen molar-refractivity contribution in [2.45, 2.75) is 72.1 Å². The second-order valence-corrected chi connectivity index (χ2v) is 13.5. The Bertz CT molecular complexity index is 1760. The molecule has 3 N–H and O–H groups in total. The van der Waals surface area contributed by atoms with Gasteiger partial charge in [-0.1, -0.05) is 24.3 Å². The minimum absolute atomic E-state index is 0.181. The molecular weight excluding hydrogens is 598 g/mol. The lowest BCUT2D eigenvalue weighted by atomic mass is 9.76. The fraction of sp³-hybridized carbons (Fsp3) is 0.457. The molecule has 12 nitrogen and oxygen atoms in total. The van der Waals surface area contributed by atoms with E-state index < -0.39 is 17.7 Å². The Morgan fingerprint density at radius 3 is 2.47 bits per heavy atom. The van der Waals surface area contributed by atoms with Crippen molar-refractivity contribution >= 4 is 34.7 Å². The summed E-state index contributed by atoms with van der Waals surface area (Å²) in [6, 6.07) is 15.5. The molecule has 1 amide bonds. The van der Waals surface area contributed by atoms with Gasteiger partial charge in [-0.2, -0.15) is 10.1 Å². The summed E-state index contributed by atoms with van der Waals surface area (Å²) in [5.41, 5.74) is 10.1. The highest BCUT2D eigenvalue weighted by Gasteiger charge is 2.51. The van der Waals surface area contributed by atoms with Crippen molar-refractivity contribution in [3.8, 4) is 16.9 Å². The number of esters is 1. The van der Waals surface area contributed by atoms with Gasteiger partial charge in [-0.05, 0) is 88.6 Å². The number of aromatic amines is 1. The highest BCUT2D eigenvalue weighted by molar-refractivity contribution is 5.86. The lowest BCUT2D eigenvalue weighted by Gasteiger charge is -2.39. The number of ether oxygens (including phenoxy) is 3. The normalized spacial score (nSPS) is 17.7. The smallest absolute Gasteiger partial charge is 0.411 e. The van der Waals surface area contributed by atoms with Crippen molar-refractivity contribution in [1.29, 1.82) is 0 Å². The average Bonchev–Trinajstić information content (AvgIpc) is 3.60. The van der Waals surface area contributed by atoms with Crippen LogP contribution in [0.4, 0.5) is 16.6 Å². The second-order valence-electron chi connectivity index (χ2n) is 13.5. The summed E-state index contributed by atoms with van der Waals surface area (Å²) in [7, 11) is 0. The molecule has 4 aromatic rings. The average molecular weight is 642 g/mol. The summed E-state index contributed by atoms with van der Waals surface area (Å²) in [5.74, 6) is 1.25. The van der Waals surface area contributed by atoms with Crippen molar-refractivity contribution in [1.82, 2.24) is 25.1 Å². The number of rotatable bonds is 7. The zero-order valence-corrected chi connectivity index (χ0v) is 27.7. The molecule has 248 valence electrons. The number of anilines is 2. The van der Waals surface area contributed by atoms with Gasteiger partial charge in [0, 0.05) is 31.1 Å². The number of benzene rings is 2. The number of likely N-dealkylation sites (tertiary alicyclic amines) is 1. The molecule has 0 bridgehead atoms. The van der Waals surface area contributed by atoms with Gasteiger partial charge in [-0.3, -0.25) is 10.00 Å². The number of hydrogen-bond acceptors (Lipinski definition) is 10. The first-order chi connectivity index (χ1) is 22.4. The Kier molecular flexibility index (Phi) is 8.69. The number of aryl methyl sites for hydroxylation is 1. The lowest BCUT2D eigenvalue weighted by molar-refractivity contribution is -0.148. The van der Waals surface area contributed by atoms with Crippen LogP contribution in [0.1, 0.15) is 58.3 Å². The summed E-state index contributed by atoms with van der Waals surface area (Å²) >= 11 is 0. The first-order valence-electron chi connectivity index (χ1n) is 16.1. The van der Waals surface area contributed by atoms with E-state index >= 15 is 0 Å². The topological polar surface area (TPSA) is 149 Å². The molecule has 2 aromatic carbocycles. The van der Waals surface area contributed by atoms with Crippen molar-refractivity contribution in [3.63, 3.8) is 0 Å². The van der Waals surface area contributed by atoms with Crippen LogP contribution in [0.25, 0.3) is 22.0 Å². The zero-order chi connectivity index (χ0) is 33.3. The molecule has 1 spiro atoms. The van der Waals surface area contributed by atoms with Gasteiger partial charge in [0.25, 0.3) is 0 Å². The van der Waals surface area contributed by atoms with E-state index in [1.165, 1.54) is 0 Å². The first kappa shape index (κ1) is 32.1. The SMILES string of the molecule is CCOC(=O)C1CC2(CCN(c3cc(COc4ccc(-c5ccc6c(C)n[nH]c6c5)cc4)nc(N)n3)CC2)CN1C(=O)OC(C)(C)C. The van der Waals surface area contributed by atoms with Gasteiger partial charge in [0.1, 0.15) is 29.8 Å². The quantitative estimate of drug-likeness (QED) is 0.243. The van der Waals surface area contributed by atoms with E-state index in [0.29, 0.717) is 31.7 Å². The Morgan fingerprint density at radius 1 is 1.04 bits per heavy atom. The summed E-state index contributed by atoms with van der Waals surface area (Å²) in [6.07, 6.45) is 1.61. The number of carbonyl (C=O) groups excluding carboxylic acids is 2. The second kappa shape index (κ2) is 12.7. The monoisotopic (exact) mass is 641 g/mol. The number of hydrogen-bond donors (Lipinski definition) is 2. The van der Waals surface area contributed by atoms with E-state index in [0.717, 1.165) is 52.1 Å². The number of nitrogens with zero attached hydrogens (tertiary/aromatic N) is 5. The minimum atomic E-state index is -0.664. The van der Waals surface area contributed by atoms with Gasteiger partial charge in [0.2, 0.25) is 5.95 Å².